The Hall–Kier alpha value is -1.13. The number of pyridine rings is 1. The number of aromatic nitrogens is 1. The van der Waals surface area contributed by atoms with Crippen LogP contribution in [0.5, 0.6) is 5.88 Å². The van der Waals surface area contributed by atoms with Crippen LogP contribution in [0.25, 0.3) is 0 Å². The number of hydrogen-bond donors (Lipinski definition) is 1. The van der Waals surface area contributed by atoms with E-state index >= 15 is 0 Å². The van der Waals surface area contributed by atoms with Gasteiger partial charge in [0.05, 0.1) is 0 Å². The van der Waals surface area contributed by atoms with Crippen molar-refractivity contribution >= 4 is 0 Å². The number of likely N-dealkylation sites (N-methyl/N-ethyl adjacent to an activating group) is 1. The van der Waals surface area contributed by atoms with Gasteiger partial charge in [-0.25, -0.2) is 4.98 Å². The van der Waals surface area contributed by atoms with Gasteiger partial charge in [-0.2, -0.15) is 0 Å². The van der Waals surface area contributed by atoms with Crippen LogP contribution in [0.15, 0.2) is 12.1 Å². The lowest BCUT2D eigenvalue weighted by Gasteiger charge is -2.32. The Balaban J connectivity index is 2.66. The van der Waals surface area contributed by atoms with Crippen molar-refractivity contribution in [3.05, 3.63) is 23.4 Å². The first-order valence-electron chi connectivity index (χ1n) is 7.53. The first-order chi connectivity index (χ1) is 9.51. The molecule has 1 aromatic rings. The predicted octanol–water partition coefficient (Wildman–Crippen LogP) is 3.00. The molecule has 0 saturated heterocycles. The summed E-state index contributed by atoms with van der Waals surface area (Å²) in [7, 11) is 4.12. The van der Waals surface area contributed by atoms with E-state index < -0.39 is 0 Å². The van der Waals surface area contributed by atoms with Gasteiger partial charge in [-0.05, 0) is 61.2 Å². The van der Waals surface area contributed by atoms with Crippen molar-refractivity contribution in [1.82, 2.24) is 15.2 Å². The average molecular weight is 293 g/mol. The Morgan fingerprint density at radius 2 is 1.76 bits per heavy atom. The molecular formula is C17H31N3O. The smallest absolute Gasteiger partial charge is 0.213 e. The van der Waals surface area contributed by atoms with Crippen molar-refractivity contribution in [3.8, 4) is 5.88 Å². The third kappa shape index (κ3) is 6.02. The minimum Gasteiger partial charge on any atom is -0.476 e. The number of hydrogen-bond acceptors (Lipinski definition) is 4. The summed E-state index contributed by atoms with van der Waals surface area (Å²) < 4.78 is 5.84. The van der Waals surface area contributed by atoms with Crippen LogP contribution in [0.1, 0.15) is 45.9 Å². The molecule has 1 aromatic heterocycles. The maximum absolute atomic E-state index is 5.84. The van der Waals surface area contributed by atoms with Gasteiger partial charge in [0.15, 0.2) is 0 Å². The van der Waals surface area contributed by atoms with Gasteiger partial charge in [0, 0.05) is 29.4 Å². The van der Waals surface area contributed by atoms with Crippen molar-refractivity contribution in [2.45, 2.75) is 59.2 Å². The number of nitrogens with zero attached hydrogens (tertiary/aromatic N) is 2. The number of rotatable bonds is 6. The molecule has 4 heteroatoms. The molecule has 0 amide bonds. The molecule has 0 aliphatic carbocycles. The second-order valence-electron chi connectivity index (χ2n) is 7.49. The second-order valence-corrected chi connectivity index (χ2v) is 7.49. The van der Waals surface area contributed by atoms with Crippen LogP contribution in [0.4, 0.5) is 0 Å². The summed E-state index contributed by atoms with van der Waals surface area (Å²) in [5, 5.41) is 3.48. The highest BCUT2D eigenvalue weighted by atomic mass is 16.5. The van der Waals surface area contributed by atoms with Gasteiger partial charge >= 0.3 is 0 Å². The van der Waals surface area contributed by atoms with Crippen molar-refractivity contribution in [1.29, 1.82) is 0 Å². The molecule has 0 spiro atoms. The van der Waals surface area contributed by atoms with Crippen LogP contribution >= 0.6 is 0 Å². The number of aryl methyl sites for hydroxylation is 1. The summed E-state index contributed by atoms with van der Waals surface area (Å²) in [6.07, 6.45) is 0. The molecule has 1 heterocycles. The second kappa shape index (κ2) is 6.75. The molecule has 0 atom stereocenters. The van der Waals surface area contributed by atoms with Gasteiger partial charge < -0.3 is 15.0 Å². The molecule has 1 N–H and O–H groups in total. The molecule has 0 aliphatic rings. The summed E-state index contributed by atoms with van der Waals surface area (Å²) >= 11 is 0. The quantitative estimate of drug-likeness (QED) is 0.875. The third-order valence-electron chi connectivity index (χ3n) is 3.76. The molecule has 120 valence electrons. The van der Waals surface area contributed by atoms with Crippen LogP contribution in [-0.2, 0) is 6.54 Å². The molecular weight excluding hydrogens is 262 g/mol. The average Bonchev–Trinajstić information content (AvgIpc) is 2.34. The monoisotopic (exact) mass is 293 g/mol. The third-order valence-corrected chi connectivity index (χ3v) is 3.76. The van der Waals surface area contributed by atoms with Crippen molar-refractivity contribution < 1.29 is 4.74 Å². The highest BCUT2D eigenvalue weighted by Crippen LogP contribution is 2.17. The first kappa shape index (κ1) is 17.9. The molecule has 0 bridgehead atoms. The van der Waals surface area contributed by atoms with E-state index in [9.17, 15) is 0 Å². The van der Waals surface area contributed by atoms with E-state index in [1.807, 2.05) is 13.0 Å². The lowest BCUT2D eigenvalue weighted by molar-refractivity contribution is 0.111. The van der Waals surface area contributed by atoms with Crippen molar-refractivity contribution in [2.24, 2.45) is 0 Å². The topological polar surface area (TPSA) is 37.4 Å². The summed E-state index contributed by atoms with van der Waals surface area (Å²) in [6, 6.07) is 4.05. The molecule has 21 heavy (non-hydrogen) atoms. The maximum atomic E-state index is 5.84. The summed E-state index contributed by atoms with van der Waals surface area (Å²) in [4.78, 5) is 6.71. The number of nitrogens with one attached hydrogen (secondary N) is 1. The molecule has 0 saturated carbocycles. The highest BCUT2D eigenvalue weighted by molar-refractivity contribution is 5.25. The van der Waals surface area contributed by atoms with E-state index in [0.717, 1.165) is 12.2 Å². The van der Waals surface area contributed by atoms with Crippen LogP contribution in [-0.4, -0.2) is 41.7 Å². The molecule has 0 fully saturated rings. The Labute approximate surface area is 129 Å². The SMILES string of the molecule is Cc1nc(OCC(C)(C)N(C)C)ccc1CNC(C)(C)C. The molecule has 0 unspecified atom stereocenters. The van der Waals surface area contributed by atoms with Gasteiger partial charge in [-0.1, -0.05) is 6.07 Å². The van der Waals surface area contributed by atoms with Gasteiger partial charge in [0.1, 0.15) is 6.61 Å². The van der Waals surface area contributed by atoms with Gasteiger partial charge in [0.25, 0.3) is 0 Å². The Bertz CT molecular complexity index is 462. The molecule has 0 aliphatic heterocycles. The van der Waals surface area contributed by atoms with E-state index in [1.54, 1.807) is 0 Å². The number of ether oxygens (including phenoxy) is 1. The van der Waals surface area contributed by atoms with E-state index in [4.69, 9.17) is 4.74 Å². The maximum Gasteiger partial charge on any atom is 0.213 e. The Kier molecular flexibility index (Phi) is 5.76. The van der Waals surface area contributed by atoms with Gasteiger partial charge in [-0.15, -0.1) is 0 Å². The summed E-state index contributed by atoms with van der Waals surface area (Å²) in [5.41, 5.74) is 2.33. The molecule has 0 aromatic carbocycles. The van der Waals surface area contributed by atoms with Crippen LogP contribution < -0.4 is 10.1 Å². The fourth-order valence-electron chi connectivity index (χ4n) is 1.57. The standard InChI is InChI=1S/C17H31N3O/c1-13-14(11-18-16(2,3)4)9-10-15(19-13)21-12-17(5,6)20(7)8/h9-10,18H,11-12H2,1-8H3. The van der Waals surface area contributed by atoms with E-state index in [1.165, 1.54) is 5.56 Å². The fraction of sp³-hybridized carbons (Fsp3) is 0.706. The van der Waals surface area contributed by atoms with Gasteiger partial charge in [-0.3, -0.25) is 0 Å². The van der Waals surface area contributed by atoms with Crippen molar-refractivity contribution in [3.63, 3.8) is 0 Å². The van der Waals surface area contributed by atoms with E-state index in [-0.39, 0.29) is 11.1 Å². The van der Waals surface area contributed by atoms with Crippen LogP contribution in [0, 0.1) is 6.92 Å². The zero-order valence-electron chi connectivity index (χ0n) is 14.9. The molecule has 0 radical (unpaired) electrons. The largest absolute Gasteiger partial charge is 0.476 e. The lowest BCUT2D eigenvalue weighted by atomic mass is 10.1. The lowest BCUT2D eigenvalue weighted by Crippen LogP contribution is -2.43. The zero-order valence-corrected chi connectivity index (χ0v) is 14.9. The highest BCUT2D eigenvalue weighted by Gasteiger charge is 2.21. The Morgan fingerprint density at radius 1 is 1.14 bits per heavy atom. The van der Waals surface area contributed by atoms with E-state index in [2.05, 4.69) is 70.0 Å². The van der Waals surface area contributed by atoms with Crippen LogP contribution in [0.2, 0.25) is 0 Å². The minimum absolute atomic E-state index is 0.0119. The van der Waals surface area contributed by atoms with Crippen molar-refractivity contribution in [2.75, 3.05) is 20.7 Å². The zero-order chi connectivity index (χ0) is 16.3. The summed E-state index contributed by atoms with van der Waals surface area (Å²) in [5.74, 6) is 0.696. The van der Waals surface area contributed by atoms with Gasteiger partial charge in [0.2, 0.25) is 5.88 Å². The predicted molar refractivity (Wildman–Crippen MR) is 88.8 cm³/mol. The Morgan fingerprint density at radius 3 is 2.24 bits per heavy atom. The van der Waals surface area contributed by atoms with Crippen LogP contribution in [0.3, 0.4) is 0 Å². The first-order valence-corrected chi connectivity index (χ1v) is 7.53. The van der Waals surface area contributed by atoms with E-state index in [0.29, 0.717) is 12.5 Å². The fourth-order valence-corrected chi connectivity index (χ4v) is 1.57. The molecule has 4 nitrogen and oxygen atoms in total. The normalized spacial score (nSPS) is 12.8. The summed E-state index contributed by atoms with van der Waals surface area (Å²) in [6.45, 7) is 14.3. The minimum atomic E-state index is -0.0119. The molecule has 1 rings (SSSR count).